The Labute approximate surface area is 304 Å². The van der Waals surface area contributed by atoms with E-state index in [-0.39, 0.29) is 31.9 Å². The van der Waals surface area contributed by atoms with Crippen LogP contribution in [-0.2, 0) is 31.9 Å². The molecular formula is C45H40N3Pt+. The van der Waals surface area contributed by atoms with E-state index < -0.39 is 0 Å². The second-order valence-corrected chi connectivity index (χ2v) is 14.3. The molecule has 0 spiro atoms. The Morgan fingerprint density at radius 1 is 0.531 bits per heavy atom. The van der Waals surface area contributed by atoms with E-state index in [1.165, 1.54) is 27.4 Å². The Balaban J connectivity index is 0.000000180. The van der Waals surface area contributed by atoms with Crippen molar-refractivity contribution < 1.29 is 25.6 Å². The average Bonchev–Trinajstić information content (AvgIpc) is 3.65. The number of para-hydroxylation sites is 6. The normalized spacial score (nSPS) is 11.7. The molecule has 0 saturated carbocycles. The maximum atomic E-state index is 3.58. The van der Waals surface area contributed by atoms with Crippen molar-refractivity contribution in [3.63, 3.8) is 0 Å². The number of imidazole rings is 1. The van der Waals surface area contributed by atoms with E-state index >= 15 is 0 Å². The summed E-state index contributed by atoms with van der Waals surface area (Å²) in [7, 11) is 0. The number of nitrogens with zero attached hydrogens (tertiary/aromatic N) is 3. The summed E-state index contributed by atoms with van der Waals surface area (Å²) in [4.78, 5) is 0. The van der Waals surface area contributed by atoms with Crippen molar-refractivity contribution >= 4 is 32.8 Å². The van der Waals surface area contributed by atoms with Crippen LogP contribution in [0.5, 0.6) is 0 Å². The van der Waals surface area contributed by atoms with Crippen LogP contribution in [0.25, 0.3) is 49.9 Å². The van der Waals surface area contributed by atoms with Gasteiger partial charge < -0.3 is 9.13 Å². The molecule has 0 atom stereocenters. The fourth-order valence-corrected chi connectivity index (χ4v) is 6.18. The van der Waals surface area contributed by atoms with E-state index in [1.54, 1.807) is 0 Å². The Hall–Kier alpha value is -4.72. The molecule has 0 aliphatic carbocycles. The molecule has 2 heterocycles. The van der Waals surface area contributed by atoms with Gasteiger partial charge in [0.1, 0.15) is 0 Å². The van der Waals surface area contributed by atoms with Gasteiger partial charge in [-0.05, 0) is 51.2 Å². The second-order valence-electron chi connectivity index (χ2n) is 14.3. The van der Waals surface area contributed by atoms with Crippen LogP contribution in [0, 0.1) is 24.5 Å². The molecule has 3 nitrogen and oxygen atoms in total. The zero-order valence-corrected chi connectivity index (χ0v) is 31.1. The van der Waals surface area contributed by atoms with Crippen molar-refractivity contribution in [2.45, 2.75) is 52.4 Å². The molecule has 4 heteroatoms. The molecule has 6 aromatic carbocycles. The van der Waals surface area contributed by atoms with Crippen LogP contribution in [0.4, 0.5) is 0 Å². The minimum Gasteiger partial charge on any atom is -0.358 e. The van der Waals surface area contributed by atoms with Gasteiger partial charge in [0, 0.05) is 5.52 Å². The van der Waals surface area contributed by atoms with E-state index in [0.717, 1.165) is 33.6 Å². The summed E-state index contributed by atoms with van der Waals surface area (Å²) in [6, 6.07) is 56.1. The Kier molecular flexibility index (Phi) is 9.51. The van der Waals surface area contributed by atoms with Gasteiger partial charge in [-0.15, -0.1) is 11.5 Å². The number of hydrogen-bond acceptors (Lipinski definition) is 0. The van der Waals surface area contributed by atoms with Crippen molar-refractivity contribution in [1.82, 2.24) is 9.13 Å². The largest absolute Gasteiger partial charge is 4.00 e. The number of aromatic nitrogens is 3. The van der Waals surface area contributed by atoms with Gasteiger partial charge in [0.15, 0.2) is 0 Å². The molecule has 0 bridgehead atoms. The predicted octanol–water partition coefficient (Wildman–Crippen LogP) is 10.5. The smallest absolute Gasteiger partial charge is 0.358 e. The van der Waals surface area contributed by atoms with E-state index in [4.69, 9.17) is 0 Å². The van der Waals surface area contributed by atoms with Crippen LogP contribution in [0.1, 0.15) is 52.7 Å². The molecule has 0 aliphatic heterocycles. The Morgan fingerprint density at radius 2 is 1.08 bits per heavy atom. The van der Waals surface area contributed by atoms with Crippen LogP contribution in [-0.4, -0.2) is 9.13 Å². The van der Waals surface area contributed by atoms with E-state index in [0.29, 0.717) is 0 Å². The van der Waals surface area contributed by atoms with Crippen molar-refractivity contribution in [2.75, 3.05) is 0 Å². The minimum absolute atomic E-state index is 0. The van der Waals surface area contributed by atoms with Gasteiger partial charge >= 0.3 is 21.1 Å². The van der Waals surface area contributed by atoms with Crippen molar-refractivity contribution in [1.29, 1.82) is 0 Å². The topological polar surface area (TPSA) is 13.7 Å². The molecule has 244 valence electrons. The minimum atomic E-state index is 0. The first-order valence-corrected chi connectivity index (χ1v) is 16.5. The molecule has 0 N–H and O–H groups in total. The SMILES string of the molecule is CC(C)(C)c1cc(-[n+]2[c-]n(-c3[c-]cccc3)c3ccccc32)cc(C(C)(C)C)c1.[Pt+4].[c-]1ccccc1-n1c2[c-]cccc2c2ccccc21. The average molecular weight is 818 g/mol. The first-order chi connectivity index (χ1) is 23.1. The summed E-state index contributed by atoms with van der Waals surface area (Å²) >= 11 is 0. The number of fused-ring (bicyclic) bond motifs is 4. The van der Waals surface area contributed by atoms with Gasteiger partial charge in [-0.2, -0.15) is 78.9 Å². The molecule has 0 fully saturated rings. The number of benzene rings is 6. The number of rotatable bonds is 3. The summed E-state index contributed by atoms with van der Waals surface area (Å²) in [5.74, 6) is 0. The molecule has 0 amide bonds. The summed E-state index contributed by atoms with van der Waals surface area (Å²) < 4.78 is 6.49. The monoisotopic (exact) mass is 817 g/mol. The van der Waals surface area contributed by atoms with Gasteiger partial charge in [-0.25, -0.2) is 0 Å². The van der Waals surface area contributed by atoms with Gasteiger partial charge in [-0.3, -0.25) is 4.57 Å². The molecule has 2 aromatic heterocycles. The van der Waals surface area contributed by atoms with Crippen LogP contribution < -0.4 is 4.57 Å². The number of hydrogen-bond donors (Lipinski definition) is 0. The van der Waals surface area contributed by atoms with Crippen LogP contribution >= 0.6 is 0 Å². The molecule has 0 unspecified atom stereocenters. The molecular weight excluding hydrogens is 778 g/mol. The third kappa shape index (κ3) is 6.78. The first-order valence-electron chi connectivity index (χ1n) is 16.5. The quantitative estimate of drug-likeness (QED) is 0.125. The van der Waals surface area contributed by atoms with Gasteiger partial charge in [0.05, 0.1) is 16.7 Å². The zero-order valence-electron chi connectivity index (χ0n) is 28.9. The molecule has 0 saturated heterocycles. The maximum Gasteiger partial charge on any atom is 4.00 e. The molecule has 0 radical (unpaired) electrons. The first kappa shape index (κ1) is 34.2. The molecule has 8 rings (SSSR count). The third-order valence-corrected chi connectivity index (χ3v) is 8.83. The van der Waals surface area contributed by atoms with Gasteiger partial charge in [-0.1, -0.05) is 101 Å². The van der Waals surface area contributed by atoms with E-state index in [2.05, 4.69) is 165 Å². The maximum absolute atomic E-state index is 3.58. The molecule has 8 aromatic rings. The summed E-state index contributed by atoms with van der Waals surface area (Å²) in [5, 5.41) is 2.49. The van der Waals surface area contributed by atoms with E-state index in [1.807, 2.05) is 48.5 Å². The summed E-state index contributed by atoms with van der Waals surface area (Å²) in [6.07, 6.45) is 3.58. The van der Waals surface area contributed by atoms with Crippen LogP contribution in [0.2, 0.25) is 0 Å². The second kappa shape index (κ2) is 13.7. The summed E-state index contributed by atoms with van der Waals surface area (Å²) in [5.41, 5.74) is 10.6. The van der Waals surface area contributed by atoms with Crippen LogP contribution in [0.3, 0.4) is 0 Å². The van der Waals surface area contributed by atoms with Crippen molar-refractivity contribution in [3.05, 3.63) is 169 Å². The predicted molar refractivity (Wildman–Crippen MR) is 198 cm³/mol. The zero-order chi connectivity index (χ0) is 33.5. The Bertz CT molecular complexity index is 2270. The fraction of sp³-hybridized carbons (Fsp3) is 0.178. The molecule has 0 aliphatic rings. The fourth-order valence-electron chi connectivity index (χ4n) is 6.18. The van der Waals surface area contributed by atoms with Gasteiger partial charge in [0.25, 0.3) is 6.33 Å². The van der Waals surface area contributed by atoms with Crippen molar-refractivity contribution in [3.8, 4) is 17.1 Å². The van der Waals surface area contributed by atoms with Crippen molar-refractivity contribution in [2.24, 2.45) is 0 Å². The van der Waals surface area contributed by atoms with Crippen LogP contribution in [0.15, 0.2) is 133 Å². The summed E-state index contributed by atoms with van der Waals surface area (Å²) in [6.45, 7) is 13.6. The van der Waals surface area contributed by atoms with E-state index in [9.17, 15) is 0 Å². The Morgan fingerprint density at radius 3 is 1.71 bits per heavy atom. The standard InChI is InChI=1S/C27H29N2.C18H11N.Pt/c1-26(2,3)20-16-21(27(4,5)6)18-23(17-20)29-19-28(22-12-8-7-9-13-22)24-14-10-11-15-25(24)29;1-2-8-14(9-3-1)19-17-12-6-4-10-15(17)16-11-5-7-13-18(16)19;/h7-12,14-18H,1-6H3;1-8,10-12H;/q-1;-2;+4. The third-order valence-electron chi connectivity index (χ3n) is 8.83. The van der Waals surface area contributed by atoms with Gasteiger partial charge in [0.2, 0.25) is 0 Å². The molecule has 49 heavy (non-hydrogen) atoms.